The van der Waals surface area contributed by atoms with Gasteiger partial charge in [0.2, 0.25) is 10.0 Å². The zero-order valence-corrected chi connectivity index (χ0v) is 15.8. The molecule has 3 aromatic rings. The Bertz CT molecular complexity index is 1010. The summed E-state index contributed by atoms with van der Waals surface area (Å²) in [6.07, 6.45) is 5.01. The predicted molar refractivity (Wildman–Crippen MR) is 98.3 cm³/mol. The molecule has 1 saturated heterocycles. The summed E-state index contributed by atoms with van der Waals surface area (Å²) in [5, 5.41) is 8.13. The number of benzene rings is 1. The van der Waals surface area contributed by atoms with Crippen LogP contribution in [0.4, 0.5) is 0 Å². The molecule has 3 heterocycles. The van der Waals surface area contributed by atoms with E-state index >= 15 is 0 Å². The number of rotatable bonds is 6. The maximum Gasteiger partial charge on any atom is 0.257 e. The van der Waals surface area contributed by atoms with Crippen molar-refractivity contribution in [3.63, 3.8) is 0 Å². The van der Waals surface area contributed by atoms with Crippen LogP contribution in [0.5, 0.6) is 0 Å². The first-order chi connectivity index (χ1) is 13.1. The summed E-state index contributed by atoms with van der Waals surface area (Å²) in [6.45, 7) is 3.04. The molecule has 0 amide bonds. The van der Waals surface area contributed by atoms with Crippen molar-refractivity contribution >= 4 is 10.0 Å². The zero-order valence-electron chi connectivity index (χ0n) is 15.0. The third-order valence-electron chi connectivity index (χ3n) is 4.77. The maximum atomic E-state index is 13.0. The molecule has 8 nitrogen and oxygen atoms in total. The second kappa shape index (κ2) is 7.24. The van der Waals surface area contributed by atoms with Crippen LogP contribution in [0.15, 0.2) is 52.1 Å². The average molecular weight is 387 g/mol. The Hall–Kier alpha value is -2.52. The van der Waals surface area contributed by atoms with Gasteiger partial charge in [-0.2, -0.15) is 14.4 Å². The van der Waals surface area contributed by atoms with Gasteiger partial charge < -0.3 is 4.52 Å². The summed E-state index contributed by atoms with van der Waals surface area (Å²) in [6, 6.07) is 9.34. The molecular weight excluding hydrogens is 366 g/mol. The summed E-state index contributed by atoms with van der Waals surface area (Å²) >= 11 is 0. The van der Waals surface area contributed by atoms with Gasteiger partial charge in [-0.3, -0.25) is 4.68 Å². The van der Waals surface area contributed by atoms with Gasteiger partial charge in [0, 0.05) is 37.3 Å². The third kappa shape index (κ3) is 3.52. The van der Waals surface area contributed by atoms with Crippen LogP contribution in [0, 0.1) is 0 Å². The third-order valence-corrected chi connectivity index (χ3v) is 6.67. The van der Waals surface area contributed by atoms with Gasteiger partial charge in [-0.1, -0.05) is 23.4 Å². The summed E-state index contributed by atoms with van der Waals surface area (Å²) in [7, 11) is -3.58. The molecule has 1 fully saturated rings. The van der Waals surface area contributed by atoms with Crippen LogP contribution in [0.2, 0.25) is 0 Å². The molecule has 0 aliphatic carbocycles. The number of hydrogen-bond donors (Lipinski definition) is 0. The maximum absolute atomic E-state index is 13.0. The van der Waals surface area contributed by atoms with Crippen LogP contribution >= 0.6 is 0 Å². The van der Waals surface area contributed by atoms with Crippen LogP contribution in [-0.2, 0) is 23.0 Å². The van der Waals surface area contributed by atoms with E-state index in [9.17, 15) is 8.42 Å². The summed E-state index contributed by atoms with van der Waals surface area (Å²) in [4.78, 5) is 4.67. The fraction of sp³-hybridized carbons (Fsp3) is 0.389. The lowest BCUT2D eigenvalue weighted by Crippen LogP contribution is -2.36. The Labute approximate surface area is 157 Å². The quantitative estimate of drug-likeness (QED) is 0.644. The first-order valence-corrected chi connectivity index (χ1v) is 10.4. The van der Waals surface area contributed by atoms with Gasteiger partial charge in [-0.15, -0.1) is 0 Å². The van der Waals surface area contributed by atoms with Crippen molar-refractivity contribution in [1.82, 2.24) is 24.2 Å². The van der Waals surface area contributed by atoms with Crippen LogP contribution < -0.4 is 0 Å². The van der Waals surface area contributed by atoms with Crippen molar-refractivity contribution in [3.05, 3.63) is 48.5 Å². The molecule has 27 heavy (non-hydrogen) atoms. The van der Waals surface area contributed by atoms with Gasteiger partial charge in [-0.05, 0) is 31.9 Å². The van der Waals surface area contributed by atoms with Crippen LogP contribution in [-0.4, -0.2) is 45.2 Å². The summed E-state index contributed by atoms with van der Waals surface area (Å²) in [5.74, 6) is 0.965. The average Bonchev–Trinajstić information content (AvgIpc) is 3.43. The molecule has 1 atom stereocenters. The molecule has 1 aromatic carbocycles. The van der Waals surface area contributed by atoms with Gasteiger partial charge in [-0.25, -0.2) is 8.42 Å². The highest BCUT2D eigenvalue weighted by molar-refractivity contribution is 7.89. The minimum absolute atomic E-state index is 0.179. The Morgan fingerprint density at radius 2 is 2.07 bits per heavy atom. The van der Waals surface area contributed by atoms with Gasteiger partial charge in [0.25, 0.3) is 5.89 Å². The number of sulfonamides is 1. The van der Waals surface area contributed by atoms with Crippen LogP contribution in [0.3, 0.4) is 0 Å². The van der Waals surface area contributed by atoms with E-state index in [4.69, 9.17) is 4.52 Å². The SMILES string of the molecule is CCn1cc(S(=O)(=O)N2CCCC2Cc2noc(-c3ccccc3)n2)cn1. The molecule has 0 radical (unpaired) electrons. The highest BCUT2D eigenvalue weighted by atomic mass is 32.2. The van der Waals surface area contributed by atoms with E-state index < -0.39 is 10.0 Å². The first kappa shape index (κ1) is 17.9. The fourth-order valence-corrected chi connectivity index (χ4v) is 5.01. The number of nitrogens with zero attached hydrogens (tertiary/aromatic N) is 5. The lowest BCUT2D eigenvalue weighted by atomic mass is 10.1. The molecule has 142 valence electrons. The van der Waals surface area contributed by atoms with Crippen molar-refractivity contribution in [3.8, 4) is 11.5 Å². The molecule has 2 aromatic heterocycles. The monoisotopic (exact) mass is 387 g/mol. The van der Waals surface area contributed by atoms with Crippen molar-refractivity contribution in [2.45, 2.75) is 43.7 Å². The van der Waals surface area contributed by atoms with E-state index in [1.54, 1.807) is 15.2 Å². The van der Waals surface area contributed by atoms with E-state index in [2.05, 4.69) is 15.2 Å². The lowest BCUT2D eigenvalue weighted by molar-refractivity contribution is 0.370. The number of aryl methyl sites for hydroxylation is 1. The Morgan fingerprint density at radius 3 is 2.81 bits per heavy atom. The minimum Gasteiger partial charge on any atom is -0.334 e. The predicted octanol–water partition coefficient (Wildman–Crippen LogP) is 2.35. The number of hydrogen-bond acceptors (Lipinski definition) is 6. The van der Waals surface area contributed by atoms with E-state index in [1.165, 1.54) is 6.20 Å². The lowest BCUT2D eigenvalue weighted by Gasteiger charge is -2.22. The molecule has 9 heteroatoms. The molecule has 0 saturated carbocycles. The normalized spacial score (nSPS) is 18.2. The van der Waals surface area contributed by atoms with E-state index in [0.29, 0.717) is 31.2 Å². The Morgan fingerprint density at radius 1 is 1.26 bits per heavy atom. The molecule has 0 bridgehead atoms. The van der Waals surface area contributed by atoms with Gasteiger partial charge >= 0.3 is 0 Å². The standard InChI is InChI=1S/C18H21N5O3S/c1-2-22-13-16(12-19-22)27(24,25)23-10-6-9-15(23)11-17-20-18(26-21-17)14-7-4-3-5-8-14/h3-5,7-8,12-13,15H,2,6,9-11H2,1H3. The minimum atomic E-state index is -3.58. The van der Waals surface area contributed by atoms with Crippen molar-refractivity contribution in [1.29, 1.82) is 0 Å². The van der Waals surface area contributed by atoms with Gasteiger partial charge in [0.1, 0.15) is 4.90 Å². The van der Waals surface area contributed by atoms with Crippen LogP contribution in [0.1, 0.15) is 25.6 Å². The highest BCUT2D eigenvalue weighted by Gasteiger charge is 2.36. The van der Waals surface area contributed by atoms with Gasteiger partial charge in [0.05, 0.1) is 6.20 Å². The molecule has 1 aliphatic heterocycles. The molecule has 0 spiro atoms. The Kier molecular flexibility index (Phi) is 4.79. The number of aromatic nitrogens is 4. The second-order valence-corrected chi connectivity index (χ2v) is 8.42. The largest absolute Gasteiger partial charge is 0.334 e. The van der Waals surface area contributed by atoms with Crippen molar-refractivity contribution in [2.24, 2.45) is 0 Å². The van der Waals surface area contributed by atoms with Crippen molar-refractivity contribution in [2.75, 3.05) is 6.54 Å². The second-order valence-electron chi connectivity index (χ2n) is 6.53. The topological polar surface area (TPSA) is 94.1 Å². The van der Waals surface area contributed by atoms with E-state index in [0.717, 1.165) is 18.4 Å². The Balaban J connectivity index is 1.53. The van der Waals surface area contributed by atoms with Crippen LogP contribution in [0.25, 0.3) is 11.5 Å². The highest BCUT2D eigenvalue weighted by Crippen LogP contribution is 2.28. The molecule has 4 rings (SSSR count). The van der Waals surface area contributed by atoms with E-state index in [1.807, 2.05) is 37.3 Å². The van der Waals surface area contributed by atoms with Gasteiger partial charge in [0.15, 0.2) is 5.82 Å². The first-order valence-electron chi connectivity index (χ1n) is 9.00. The van der Waals surface area contributed by atoms with E-state index in [-0.39, 0.29) is 10.9 Å². The molecule has 1 unspecified atom stereocenters. The van der Waals surface area contributed by atoms with Crippen molar-refractivity contribution < 1.29 is 12.9 Å². The summed E-state index contributed by atoms with van der Waals surface area (Å²) < 4.78 is 34.5. The zero-order chi connectivity index (χ0) is 18.9. The fourth-order valence-electron chi connectivity index (χ4n) is 3.36. The smallest absolute Gasteiger partial charge is 0.257 e. The molecule has 0 N–H and O–H groups in total. The summed E-state index contributed by atoms with van der Waals surface area (Å²) in [5.41, 5.74) is 0.846. The molecular formula is C18H21N5O3S. The molecule has 1 aliphatic rings.